The second kappa shape index (κ2) is 7.64. The number of thiophene rings is 1. The lowest BCUT2D eigenvalue weighted by molar-refractivity contribution is -0.116. The number of ether oxygens (including phenoxy) is 2. The minimum atomic E-state index is -0.299. The maximum Gasteiger partial charge on any atom is 0.225 e. The number of carbonyl (C=O) groups excluding carboxylic acids is 1. The summed E-state index contributed by atoms with van der Waals surface area (Å²) in [6, 6.07) is 12.2. The Morgan fingerprint density at radius 2 is 2.07 bits per heavy atom. The third kappa shape index (κ3) is 3.36. The van der Waals surface area contributed by atoms with E-state index in [1.54, 1.807) is 24.5 Å². The molecular weight excluding hydrogens is 377 g/mol. The van der Waals surface area contributed by atoms with E-state index in [0.29, 0.717) is 24.5 Å². The van der Waals surface area contributed by atoms with Gasteiger partial charge in [0, 0.05) is 28.2 Å². The molecule has 2 aromatic carbocycles. The van der Waals surface area contributed by atoms with Gasteiger partial charge < -0.3 is 14.8 Å². The summed E-state index contributed by atoms with van der Waals surface area (Å²) < 4.78 is 24.7. The molecule has 0 saturated heterocycles. The smallest absolute Gasteiger partial charge is 0.225 e. The molecule has 0 fully saturated rings. The van der Waals surface area contributed by atoms with Crippen molar-refractivity contribution in [3.05, 3.63) is 64.1 Å². The average molecular weight is 397 g/mol. The van der Waals surface area contributed by atoms with Crippen molar-refractivity contribution in [2.45, 2.75) is 19.3 Å². The van der Waals surface area contributed by atoms with Gasteiger partial charge in [-0.15, -0.1) is 11.3 Å². The Balaban J connectivity index is 1.77. The number of fused-ring (bicyclic) bond motifs is 1. The lowest BCUT2D eigenvalue weighted by atomic mass is 9.89. The first kappa shape index (κ1) is 18.5. The zero-order chi connectivity index (χ0) is 19.7. The van der Waals surface area contributed by atoms with Crippen LogP contribution in [0.1, 0.15) is 29.7 Å². The van der Waals surface area contributed by atoms with E-state index in [2.05, 4.69) is 5.32 Å². The van der Waals surface area contributed by atoms with E-state index < -0.39 is 0 Å². The molecule has 28 heavy (non-hydrogen) atoms. The molecule has 144 valence electrons. The Labute approximate surface area is 166 Å². The number of halogens is 1. The topological polar surface area (TPSA) is 47.6 Å². The Bertz CT molecular complexity index is 1030. The predicted octanol–water partition coefficient (Wildman–Crippen LogP) is 5.44. The molecule has 2 heterocycles. The van der Waals surface area contributed by atoms with Crippen LogP contribution < -0.4 is 14.8 Å². The monoisotopic (exact) mass is 397 g/mol. The first-order valence-electron chi connectivity index (χ1n) is 9.08. The minimum absolute atomic E-state index is 0.0543. The van der Waals surface area contributed by atoms with E-state index in [1.807, 2.05) is 36.6 Å². The molecule has 1 aromatic heterocycles. The number of methoxy groups -OCH3 is 1. The minimum Gasteiger partial charge on any atom is -0.493 e. The molecule has 4 nitrogen and oxygen atoms in total. The molecule has 1 N–H and O–H groups in total. The molecule has 1 aliphatic rings. The van der Waals surface area contributed by atoms with E-state index >= 15 is 0 Å². The number of rotatable bonds is 5. The van der Waals surface area contributed by atoms with Gasteiger partial charge in [-0.3, -0.25) is 4.79 Å². The quantitative estimate of drug-likeness (QED) is 0.624. The summed E-state index contributed by atoms with van der Waals surface area (Å²) in [5.74, 6) is 0.893. The van der Waals surface area contributed by atoms with Crippen LogP contribution in [0.2, 0.25) is 0 Å². The van der Waals surface area contributed by atoms with Crippen molar-refractivity contribution in [2.24, 2.45) is 0 Å². The highest BCUT2D eigenvalue weighted by Gasteiger charge is 2.31. The second-order valence-corrected chi connectivity index (χ2v) is 7.46. The normalized spacial score (nSPS) is 15.7. The number of hydrogen-bond acceptors (Lipinski definition) is 4. The molecule has 6 heteroatoms. The standard InChI is InChI=1S/C22H20FNO3S/c1-3-27-18-8-7-14(10-19(18)26-2)16-11-20(25)24-21-17(12-28-22(16)21)13-5-4-6-15(23)9-13/h4-10,12,16H,3,11H2,1-2H3,(H,24,25)/t16-/m0/s1. The maximum absolute atomic E-state index is 13.7. The Kier molecular flexibility index (Phi) is 5.05. The molecular formula is C22H20FNO3S. The summed E-state index contributed by atoms with van der Waals surface area (Å²) in [4.78, 5) is 13.5. The fourth-order valence-electron chi connectivity index (χ4n) is 3.54. The van der Waals surface area contributed by atoms with Crippen LogP contribution in [0, 0.1) is 5.82 Å². The summed E-state index contributed by atoms with van der Waals surface area (Å²) in [7, 11) is 1.60. The van der Waals surface area contributed by atoms with Crippen molar-refractivity contribution in [2.75, 3.05) is 19.0 Å². The van der Waals surface area contributed by atoms with Crippen molar-refractivity contribution < 1.29 is 18.7 Å². The average Bonchev–Trinajstić information content (AvgIpc) is 3.11. The summed E-state index contributed by atoms with van der Waals surface area (Å²) in [5, 5.41) is 4.96. The third-order valence-electron chi connectivity index (χ3n) is 4.82. The number of nitrogens with one attached hydrogen (secondary N) is 1. The van der Waals surface area contributed by atoms with Crippen molar-refractivity contribution in [3.63, 3.8) is 0 Å². The van der Waals surface area contributed by atoms with Crippen LogP contribution in [-0.4, -0.2) is 19.6 Å². The van der Waals surface area contributed by atoms with Gasteiger partial charge in [-0.1, -0.05) is 18.2 Å². The third-order valence-corrected chi connectivity index (χ3v) is 5.91. The van der Waals surface area contributed by atoms with Crippen molar-refractivity contribution in [1.29, 1.82) is 0 Å². The molecule has 0 saturated carbocycles. The molecule has 0 spiro atoms. The predicted molar refractivity (Wildman–Crippen MR) is 109 cm³/mol. The van der Waals surface area contributed by atoms with Gasteiger partial charge in [-0.25, -0.2) is 4.39 Å². The molecule has 0 radical (unpaired) electrons. The lowest BCUT2D eigenvalue weighted by Crippen LogP contribution is -2.22. The van der Waals surface area contributed by atoms with Crippen molar-refractivity contribution in [3.8, 4) is 22.6 Å². The van der Waals surface area contributed by atoms with Gasteiger partial charge in [0.1, 0.15) is 5.82 Å². The fraction of sp³-hybridized carbons (Fsp3) is 0.227. The van der Waals surface area contributed by atoms with Crippen LogP contribution in [-0.2, 0) is 4.79 Å². The molecule has 1 amide bonds. The van der Waals surface area contributed by atoms with Crippen LogP contribution in [0.4, 0.5) is 10.1 Å². The van der Waals surface area contributed by atoms with Gasteiger partial charge in [-0.05, 0) is 42.3 Å². The van der Waals surface area contributed by atoms with E-state index in [4.69, 9.17) is 9.47 Å². The van der Waals surface area contributed by atoms with Gasteiger partial charge in [0.2, 0.25) is 5.91 Å². The van der Waals surface area contributed by atoms with E-state index in [9.17, 15) is 9.18 Å². The zero-order valence-corrected chi connectivity index (χ0v) is 16.4. The Morgan fingerprint density at radius 1 is 1.21 bits per heavy atom. The molecule has 0 unspecified atom stereocenters. The molecule has 4 rings (SSSR count). The van der Waals surface area contributed by atoms with E-state index in [1.165, 1.54) is 12.1 Å². The van der Waals surface area contributed by atoms with Crippen LogP contribution in [0.5, 0.6) is 11.5 Å². The molecule has 0 aliphatic carbocycles. The van der Waals surface area contributed by atoms with Gasteiger partial charge in [0.15, 0.2) is 11.5 Å². The van der Waals surface area contributed by atoms with E-state index in [-0.39, 0.29) is 17.6 Å². The lowest BCUT2D eigenvalue weighted by Gasteiger charge is -2.24. The maximum atomic E-state index is 13.7. The molecule has 1 aliphatic heterocycles. The second-order valence-electron chi connectivity index (χ2n) is 6.55. The largest absolute Gasteiger partial charge is 0.493 e. The molecule has 3 aromatic rings. The zero-order valence-electron chi connectivity index (χ0n) is 15.6. The number of benzene rings is 2. The van der Waals surface area contributed by atoms with Crippen LogP contribution >= 0.6 is 11.3 Å². The van der Waals surface area contributed by atoms with Crippen LogP contribution in [0.3, 0.4) is 0 Å². The Hall–Kier alpha value is -2.86. The van der Waals surface area contributed by atoms with Gasteiger partial charge in [-0.2, -0.15) is 0 Å². The summed E-state index contributed by atoms with van der Waals surface area (Å²) in [6.45, 7) is 2.47. The summed E-state index contributed by atoms with van der Waals surface area (Å²) in [5.41, 5.74) is 3.35. The summed E-state index contributed by atoms with van der Waals surface area (Å²) >= 11 is 1.58. The first-order chi connectivity index (χ1) is 13.6. The van der Waals surface area contributed by atoms with Crippen LogP contribution in [0.15, 0.2) is 47.8 Å². The fourth-order valence-corrected chi connectivity index (χ4v) is 4.70. The SMILES string of the molecule is CCOc1ccc([C@@H]2CC(=O)Nc3c(-c4cccc(F)c4)csc32)cc1OC. The van der Waals surface area contributed by atoms with Crippen LogP contribution in [0.25, 0.3) is 11.1 Å². The van der Waals surface area contributed by atoms with Crippen molar-refractivity contribution >= 4 is 22.9 Å². The number of anilines is 1. The number of amides is 1. The van der Waals surface area contributed by atoms with Gasteiger partial charge in [0.05, 0.1) is 19.4 Å². The van der Waals surface area contributed by atoms with Gasteiger partial charge >= 0.3 is 0 Å². The highest BCUT2D eigenvalue weighted by molar-refractivity contribution is 7.11. The van der Waals surface area contributed by atoms with Gasteiger partial charge in [0.25, 0.3) is 0 Å². The molecule has 0 bridgehead atoms. The van der Waals surface area contributed by atoms with E-state index in [0.717, 1.165) is 27.3 Å². The Morgan fingerprint density at radius 3 is 2.82 bits per heavy atom. The molecule has 1 atom stereocenters. The summed E-state index contributed by atoms with van der Waals surface area (Å²) in [6.07, 6.45) is 0.354. The number of carbonyl (C=O) groups is 1. The highest BCUT2D eigenvalue weighted by Crippen LogP contribution is 2.47. The highest BCUT2D eigenvalue weighted by atomic mass is 32.1. The van der Waals surface area contributed by atoms with Crippen molar-refractivity contribution in [1.82, 2.24) is 0 Å². The first-order valence-corrected chi connectivity index (χ1v) is 9.96. The number of hydrogen-bond donors (Lipinski definition) is 1.